The maximum absolute atomic E-state index is 13.1. The number of rotatable bonds is 6. The third-order valence-corrected chi connectivity index (χ3v) is 6.31. The molecule has 7 heteroatoms. The Morgan fingerprint density at radius 1 is 1.06 bits per heavy atom. The van der Waals surface area contributed by atoms with Crippen molar-refractivity contribution in [2.45, 2.75) is 45.6 Å². The van der Waals surface area contributed by atoms with Crippen molar-refractivity contribution in [2.75, 3.05) is 41.8 Å². The Hall–Kier alpha value is -3.06. The molecule has 0 radical (unpaired) electrons. The molecule has 170 valence electrons. The monoisotopic (exact) mass is 436 g/mol. The molecule has 2 saturated heterocycles. The van der Waals surface area contributed by atoms with E-state index in [0.29, 0.717) is 17.8 Å². The van der Waals surface area contributed by atoms with Crippen LogP contribution in [0, 0.1) is 13.8 Å². The Labute approximate surface area is 189 Å². The maximum Gasteiger partial charge on any atom is 0.323 e. The zero-order valence-corrected chi connectivity index (χ0v) is 18.9. The molecule has 0 saturated carbocycles. The summed E-state index contributed by atoms with van der Waals surface area (Å²) in [7, 11) is 0. The van der Waals surface area contributed by atoms with E-state index in [4.69, 9.17) is 4.74 Å². The third kappa shape index (κ3) is 5.22. The standard InChI is InChI=1S/C25H32N4O3/c1-17-7-5-9-22(18(17)2)28-25(31)27-19-10-11-23(29-12-3-4-13-29)21(15-19)24(30)26-16-20-8-6-14-32-20/h5,7,9-11,15,20H,3-4,6,8,12-14,16H2,1-2H3,(H,26,30)(H2,27,28,31). The first-order chi connectivity index (χ1) is 15.5. The topological polar surface area (TPSA) is 82.7 Å². The molecule has 2 aromatic carbocycles. The number of carbonyl (C=O) groups excluding carboxylic acids is 2. The number of urea groups is 1. The van der Waals surface area contributed by atoms with Crippen molar-refractivity contribution in [1.29, 1.82) is 0 Å². The van der Waals surface area contributed by atoms with Crippen LogP contribution in [0.15, 0.2) is 36.4 Å². The van der Waals surface area contributed by atoms with Crippen molar-refractivity contribution >= 4 is 29.0 Å². The van der Waals surface area contributed by atoms with E-state index < -0.39 is 0 Å². The fourth-order valence-electron chi connectivity index (χ4n) is 4.31. The van der Waals surface area contributed by atoms with Gasteiger partial charge in [-0.2, -0.15) is 0 Å². The predicted octanol–water partition coefficient (Wildman–Crippen LogP) is 4.46. The second kappa shape index (κ2) is 10.0. The van der Waals surface area contributed by atoms with Crippen LogP contribution in [0.3, 0.4) is 0 Å². The van der Waals surface area contributed by atoms with Gasteiger partial charge in [-0.3, -0.25) is 4.79 Å². The number of hydrogen-bond acceptors (Lipinski definition) is 4. The van der Waals surface area contributed by atoms with Crippen molar-refractivity contribution < 1.29 is 14.3 Å². The molecule has 3 N–H and O–H groups in total. The zero-order chi connectivity index (χ0) is 22.5. The first-order valence-corrected chi connectivity index (χ1v) is 11.4. The molecule has 3 amide bonds. The lowest BCUT2D eigenvalue weighted by atomic mass is 10.1. The molecule has 2 heterocycles. The van der Waals surface area contributed by atoms with Gasteiger partial charge in [-0.25, -0.2) is 4.79 Å². The fraction of sp³-hybridized carbons (Fsp3) is 0.440. The summed E-state index contributed by atoms with van der Waals surface area (Å²) >= 11 is 0. The number of amides is 3. The van der Waals surface area contributed by atoms with E-state index in [2.05, 4.69) is 20.9 Å². The Morgan fingerprint density at radius 2 is 1.88 bits per heavy atom. The van der Waals surface area contributed by atoms with Crippen molar-refractivity contribution in [1.82, 2.24) is 5.32 Å². The molecule has 2 aliphatic heterocycles. The fourth-order valence-corrected chi connectivity index (χ4v) is 4.31. The molecular formula is C25H32N4O3. The van der Waals surface area contributed by atoms with Crippen LogP contribution in [-0.2, 0) is 4.74 Å². The minimum Gasteiger partial charge on any atom is -0.376 e. The van der Waals surface area contributed by atoms with Gasteiger partial charge in [-0.15, -0.1) is 0 Å². The molecule has 4 rings (SSSR count). The van der Waals surface area contributed by atoms with Gasteiger partial charge in [0.2, 0.25) is 0 Å². The Bertz CT molecular complexity index is 979. The Balaban J connectivity index is 1.49. The van der Waals surface area contributed by atoms with Crippen LogP contribution in [-0.4, -0.2) is 44.3 Å². The molecule has 0 spiro atoms. The summed E-state index contributed by atoms with van der Waals surface area (Å²) in [6.07, 6.45) is 4.33. The first-order valence-electron chi connectivity index (χ1n) is 11.4. The van der Waals surface area contributed by atoms with Gasteiger partial charge in [0.1, 0.15) is 0 Å². The van der Waals surface area contributed by atoms with E-state index in [9.17, 15) is 9.59 Å². The molecule has 0 aromatic heterocycles. The number of carbonyl (C=O) groups is 2. The summed E-state index contributed by atoms with van der Waals surface area (Å²) in [5.41, 5.74) is 4.98. The van der Waals surface area contributed by atoms with Gasteiger partial charge in [0, 0.05) is 43.3 Å². The highest BCUT2D eigenvalue weighted by Gasteiger charge is 2.22. The molecule has 0 bridgehead atoms. The van der Waals surface area contributed by atoms with E-state index in [0.717, 1.165) is 67.9 Å². The van der Waals surface area contributed by atoms with Gasteiger partial charge in [0.05, 0.1) is 11.7 Å². The summed E-state index contributed by atoms with van der Waals surface area (Å²) < 4.78 is 5.63. The molecule has 7 nitrogen and oxygen atoms in total. The summed E-state index contributed by atoms with van der Waals surface area (Å²) in [6, 6.07) is 11.0. The third-order valence-electron chi connectivity index (χ3n) is 6.31. The number of benzene rings is 2. The lowest BCUT2D eigenvalue weighted by Gasteiger charge is -2.22. The van der Waals surface area contributed by atoms with Crippen molar-refractivity contribution in [3.8, 4) is 0 Å². The summed E-state index contributed by atoms with van der Waals surface area (Å²) in [6.45, 7) is 7.12. The van der Waals surface area contributed by atoms with E-state index in [1.807, 2.05) is 44.2 Å². The van der Waals surface area contributed by atoms with E-state index >= 15 is 0 Å². The molecule has 2 fully saturated rings. The van der Waals surface area contributed by atoms with Gasteiger partial charge in [0.25, 0.3) is 5.91 Å². The highest BCUT2D eigenvalue weighted by molar-refractivity contribution is 6.04. The van der Waals surface area contributed by atoms with Crippen LogP contribution in [0.1, 0.15) is 47.2 Å². The highest BCUT2D eigenvalue weighted by Crippen LogP contribution is 2.28. The van der Waals surface area contributed by atoms with Crippen LogP contribution in [0.5, 0.6) is 0 Å². The maximum atomic E-state index is 13.1. The quantitative estimate of drug-likeness (QED) is 0.625. The van der Waals surface area contributed by atoms with Crippen LogP contribution in [0.2, 0.25) is 0 Å². The second-order valence-electron chi connectivity index (χ2n) is 8.60. The second-order valence-corrected chi connectivity index (χ2v) is 8.60. The minimum atomic E-state index is -0.335. The number of anilines is 3. The van der Waals surface area contributed by atoms with Gasteiger partial charge < -0.3 is 25.6 Å². The highest BCUT2D eigenvalue weighted by atomic mass is 16.5. The molecule has 1 unspecified atom stereocenters. The van der Waals surface area contributed by atoms with Gasteiger partial charge in [-0.1, -0.05) is 12.1 Å². The van der Waals surface area contributed by atoms with Crippen molar-refractivity contribution in [2.24, 2.45) is 0 Å². The molecule has 0 aliphatic carbocycles. The minimum absolute atomic E-state index is 0.0823. The smallest absolute Gasteiger partial charge is 0.323 e. The predicted molar refractivity (Wildman–Crippen MR) is 128 cm³/mol. The number of hydrogen-bond donors (Lipinski definition) is 3. The molecule has 32 heavy (non-hydrogen) atoms. The lowest BCUT2D eigenvalue weighted by molar-refractivity contribution is 0.0858. The van der Waals surface area contributed by atoms with E-state index in [-0.39, 0.29) is 18.0 Å². The van der Waals surface area contributed by atoms with Gasteiger partial charge >= 0.3 is 6.03 Å². The Morgan fingerprint density at radius 3 is 2.62 bits per heavy atom. The number of nitrogens with zero attached hydrogens (tertiary/aromatic N) is 1. The molecule has 2 aliphatic rings. The van der Waals surface area contributed by atoms with E-state index in [1.165, 1.54) is 0 Å². The number of nitrogens with one attached hydrogen (secondary N) is 3. The molecular weight excluding hydrogens is 404 g/mol. The molecule has 2 aromatic rings. The van der Waals surface area contributed by atoms with Crippen LogP contribution >= 0.6 is 0 Å². The van der Waals surface area contributed by atoms with Gasteiger partial charge in [-0.05, 0) is 74.9 Å². The average molecular weight is 437 g/mol. The summed E-state index contributed by atoms with van der Waals surface area (Å²) in [4.78, 5) is 27.9. The number of ether oxygens (including phenoxy) is 1. The largest absolute Gasteiger partial charge is 0.376 e. The molecule has 1 atom stereocenters. The number of aryl methyl sites for hydroxylation is 1. The lowest BCUT2D eigenvalue weighted by Crippen LogP contribution is -2.33. The van der Waals surface area contributed by atoms with E-state index in [1.54, 1.807) is 6.07 Å². The first kappa shape index (κ1) is 22.1. The van der Waals surface area contributed by atoms with Crippen molar-refractivity contribution in [3.63, 3.8) is 0 Å². The Kier molecular flexibility index (Phi) is 6.95. The average Bonchev–Trinajstić information content (AvgIpc) is 3.49. The van der Waals surface area contributed by atoms with Gasteiger partial charge in [0.15, 0.2) is 0 Å². The van der Waals surface area contributed by atoms with Crippen LogP contribution in [0.4, 0.5) is 21.9 Å². The normalized spacial score (nSPS) is 17.9. The van der Waals surface area contributed by atoms with Crippen molar-refractivity contribution in [3.05, 3.63) is 53.1 Å². The summed E-state index contributed by atoms with van der Waals surface area (Å²) in [5, 5.41) is 8.80. The summed E-state index contributed by atoms with van der Waals surface area (Å²) in [5.74, 6) is -0.138. The SMILES string of the molecule is Cc1cccc(NC(=O)Nc2ccc(N3CCCC3)c(C(=O)NCC3CCCO3)c2)c1C. The van der Waals surface area contributed by atoms with Crippen LogP contribution in [0.25, 0.3) is 0 Å². The van der Waals surface area contributed by atoms with Crippen LogP contribution < -0.4 is 20.9 Å². The zero-order valence-electron chi connectivity index (χ0n) is 18.9.